The lowest BCUT2D eigenvalue weighted by molar-refractivity contribution is 0.0162. The lowest BCUT2D eigenvalue weighted by Crippen LogP contribution is -2.46. The summed E-state index contributed by atoms with van der Waals surface area (Å²) in [6.45, 7) is 1.41. The molecular formula is C12H14N2O2. The van der Waals surface area contributed by atoms with E-state index in [1.165, 1.54) is 0 Å². The second kappa shape index (κ2) is 4.97. The fraction of sp³-hybridized carbons (Fsp3) is 0.417. The molecule has 0 aromatic heterocycles. The van der Waals surface area contributed by atoms with E-state index in [0.717, 1.165) is 13.0 Å². The summed E-state index contributed by atoms with van der Waals surface area (Å²) >= 11 is 0. The maximum atomic E-state index is 9.70. The van der Waals surface area contributed by atoms with Crippen LogP contribution in [-0.4, -0.2) is 30.4 Å². The molecule has 0 unspecified atom stereocenters. The van der Waals surface area contributed by atoms with Gasteiger partial charge >= 0.3 is 0 Å². The van der Waals surface area contributed by atoms with E-state index in [0.29, 0.717) is 17.9 Å². The minimum absolute atomic E-state index is 0.185. The molecule has 84 valence electrons. The Kier molecular flexibility index (Phi) is 3.40. The molecule has 0 aliphatic carbocycles. The molecular weight excluding hydrogens is 204 g/mol. The minimum atomic E-state index is -0.487. The molecule has 1 saturated heterocycles. The number of benzene rings is 1. The third kappa shape index (κ3) is 2.51. The average molecular weight is 218 g/mol. The number of piperidine rings is 1. The smallest absolute Gasteiger partial charge is 0.127 e. The summed E-state index contributed by atoms with van der Waals surface area (Å²) < 4.78 is 5.67. The van der Waals surface area contributed by atoms with Gasteiger partial charge in [0.2, 0.25) is 0 Å². The third-order valence-corrected chi connectivity index (χ3v) is 2.64. The average Bonchev–Trinajstić information content (AvgIpc) is 2.32. The Morgan fingerprint density at radius 1 is 1.50 bits per heavy atom. The molecule has 0 radical (unpaired) electrons. The number of aliphatic hydroxyl groups excluding tert-OH is 1. The maximum Gasteiger partial charge on any atom is 0.127 e. The van der Waals surface area contributed by atoms with Crippen LogP contribution in [0.25, 0.3) is 0 Å². The molecule has 0 amide bonds. The summed E-state index contributed by atoms with van der Waals surface area (Å²) in [5, 5.41) is 21.5. The number of nitrogens with zero attached hydrogens (tertiary/aromatic N) is 1. The van der Waals surface area contributed by atoms with E-state index >= 15 is 0 Å². The molecule has 0 spiro atoms. The number of ether oxygens (including phenoxy) is 1. The number of hydrogen-bond acceptors (Lipinski definition) is 4. The minimum Gasteiger partial charge on any atom is -0.488 e. The highest BCUT2D eigenvalue weighted by Crippen LogP contribution is 2.18. The Morgan fingerprint density at radius 2 is 2.38 bits per heavy atom. The monoisotopic (exact) mass is 218 g/mol. The molecule has 1 fully saturated rings. The standard InChI is InChI=1S/C12H14N2O2/c13-7-9-2-1-3-10(6-9)16-12-4-5-14-8-11(12)15/h1-3,6,11-12,14-15H,4-5,8H2/t11-,12-/m1/s1. The molecule has 1 aromatic rings. The van der Waals surface area contributed by atoms with Crippen molar-refractivity contribution in [3.63, 3.8) is 0 Å². The zero-order chi connectivity index (χ0) is 11.4. The largest absolute Gasteiger partial charge is 0.488 e. The van der Waals surface area contributed by atoms with E-state index in [-0.39, 0.29) is 6.10 Å². The van der Waals surface area contributed by atoms with E-state index in [4.69, 9.17) is 10.00 Å². The van der Waals surface area contributed by atoms with Crippen molar-refractivity contribution in [3.05, 3.63) is 29.8 Å². The molecule has 1 aliphatic heterocycles. The van der Waals surface area contributed by atoms with Crippen LogP contribution in [0, 0.1) is 11.3 Å². The van der Waals surface area contributed by atoms with Gasteiger partial charge in [-0.2, -0.15) is 5.26 Å². The molecule has 2 atom stereocenters. The summed E-state index contributed by atoms with van der Waals surface area (Å²) in [5.74, 6) is 0.644. The number of rotatable bonds is 2. The van der Waals surface area contributed by atoms with Gasteiger partial charge in [0, 0.05) is 6.54 Å². The van der Waals surface area contributed by atoms with Crippen molar-refractivity contribution >= 4 is 0 Å². The Hall–Kier alpha value is -1.57. The van der Waals surface area contributed by atoms with E-state index in [9.17, 15) is 5.11 Å². The Balaban J connectivity index is 2.05. The molecule has 0 bridgehead atoms. The molecule has 4 heteroatoms. The summed E-state index contributed by atoms with van der Waals surface area (Å²) in [5.41, 5.74) is 0.570. The van der Waals surface area contributed by atoms with Gasteiger partial charge in [-0.25, -0.2) is 0 Å². The first-order chi connectivity index (χ1) is 7.79. The Bertz CT molecular complexity index is 400. The van der Waals surface area contributed by atoms with Crippen LogP contribution in [-0.2, 0) is 0 Å². The lowest BCUT2D eigenvalue weighted by Gasteiger charge is -2.28. The SMILES string of the molecule is N#Cc1cccc(O[C@@H]2CCNC[C@H]2O)c1. The van der Waals surface area contributed by atoms with Gasteiger partial charge in [-0.3, -0.25) is 0 Å². The second-order valence-electron chi connectivity index (χ2n) is 3.86. The second-order valence-corrected chi connectivity index (χ2v) is 3.86. The van der Waals surface area contributed by atoms with Gasteiger partial charge in [-0.1, -0.05) is 6.07 Å². The highest BCUT2D eigenvalue weighted by atomic mass is 16.5. The predicted octanol–water partition coefficient (Wildman–Crippen LogP) is 0.660. The molecule has 1 aromatic carbocycles. The molecule has 1 aliphatic rings. The molecule has 1 heterocycles. The van der Waals surface area contributed by atoms with Crippen LogP contribution < -0.4 is 10.1 Å². The summed E-state index contributed by atoms with van der Waals surface area (Å²) in [4.78, 5) is 0. The maximum absolute atomic E-state index is 9.70. The van der Waals surface area contributed by atoms with Crippen molar-refractivity contribution in [3.8, 4) is 11.8 Å². The topological polar surface area (TPSA) is 65.3 Å². The van der Waals surface area contributed by atoms with Crippen LogP contribution >= 0.6 is 0 Å². The van der Waals surface area contributed by atoms with Crippen LogP contribution in [0.3, 0.4) is 0 Å². The Labute approximate surface area is 94.5 Å². The highest BCUT2D eigenvalue weighted by molar-refractivity contribution is 5.36. The van der Waals surface area contributed by atoms with Gasteiger partial charge in [0.05, 0.1) is 11.6 Å². The molecule has 0 saturated carbocycles. The lowest BCUT2D eigenvalue weighted by atomic mass is 10.1. The third-order valence-electron chi connectivity index (χ3n) is 2.64. The number of β-amino-alcohol motifs (C(OH)–C–C–N with tert-alkyl or cyclic N) is 1. The Morgan fingerprint density at radius 3 is 3.12 bits per heavy atom. The van der Waals surface area contributed by atoms with Crippen molar-refractivity contribution in [2.75, 3.05) is 13.1 Å². The van der Waals surface area contributed by atoms with Crippen molar-refractivity contribution in [2.24, 2.45) is 0 Å². The van der Waals surface area contributed by atoms with Crippen LogP contribution in [0.5, 0.6) is 5.75 Å². The van der Waals surface area contributed by atoms with Crippen LogP contribution in [0.2, 0.25) is 0 Å². The summed E-state index contributed by atoms with van der Waals surface area (Å²) in [6, 6.07) is 9.06. The van der Waals surface area contributed by atoms with Gasteiger partial charge in [-0.15, -0.1) is 0 Å². The van der Waals surface area contributed by atoms with Crippen molar-refractivity contribution < 1.29 is 9.84 Å². The van der Waals surface area contributed by atoms with Gasteiger partial charge in [0.25, 0.3) is 0 Å². The van der Waals surface area contributed by atoms with E-state index in [2.05, 4.69) is 11.4 Å². The van der Waals surface area contributed by atoms with Crippen LogP contribution in [0.1, 0.15) is 12.0 Å². The zero-order valence-corrected chi connectivity index (χ0v) is 8.89. The number of nitriles is 1. The van der Waals surface area contributed by atoms with Crippen molar-refractivity contribution in [1.29, 1.82) is 5.26 Å². The van der Waals surface area contributed by atoms with Gasteiger partial charge < -0.3 is 15.2 Å². The first-order valence-corrected chi connectivity index (χ1v) is 5.35. The van der Waals surface area contributed by atoms with E-state index in [1.807, 2.05) is 0 Å². The fourth-order valence-electron chi connectivity index (χ4n) is 1.77. The normalized spacial score (nSPS) is 24.8. The van der Waals surface area contributed by atoms with E-state index < -0.39 is 6.10 Å². The first kappa shape index (κ1) is 10.9. The zero-order valence-electron chi connectivity index (χ0n) is 8.89. The van der Waals surface area contributed by atoms with Gasteiger partial charge in [0.15, 0.2) is 0 Å². The van der Waals surface area contributed by atoms with E-state index in [1.54, 1.807) is 24.3 Å². The summed E-state index contributed by atoms with van der Waals surface area (Å²) in [6.07, 6.45) is 0.104. The fourth-order valence-corrected chi connectivity index (χ4v) is 1.77. The molecule has 2 rings (SSSR count). The number of nitrogens with one attached hydrogen (secondary N) is 1. The first-order valence-electron chi connectivity index (χ1n) is 5.35. The molecule has 4 nitrogen and oxygen atoms in total. The molecule has 2 N–H and O–H groups in total. The highest BCUT2D eigenvalue weighted by Gasteiger charge is 2.24. The van der Waals surface area contributed by atoms with Gasteiger partial charge in [-0.05, 0) is 31.2 Å². The van der Waals surface area contributed by atoms with Crippen molar-refractivity contribution in [1.82, 2.24) is 5.32 Å². The van der Waals surface area contributed by atoms with Crippen LogP contribution in [0.15, 0.2) is 24.3 Å². The molecule has 16 heavy (non-hydrogen) atoms. The van der Waals surface area contributed by atoms with Crippen molar-refractivity contribution in [2.45, 2.75) is 18.6 Å². The quantitative estimate of drug-likeness (QED) is 0.765. The predicted molar refractivity (Wildman–Crippen MR) is 59.1 cm³/mol. The van der Waals surface area contributed by atoms with Crippen LogP contribution in [0.4, 0.5) is 0 Å². The number of aliphatic hydroxyl groups is 1. The van der Waals surface area contributed by atoms with Gasteiger partial charge in [0.1, 0.15) is 18.0 Å². The summed E-state index contributed by atoms with van der Waals surface area (Å²) in [7, 11) is 0. The number of hydrogen-bond donors (Lipinski definition) is 2.